The molecule has 7 heteroatoms. The van der Waals surface area contributed by atoms with Gasteiger partial charge in [0.15, 0.2) is 0 Å². The number of nitrogens with zero attached hydrogens (tertiary/aromatic N) is 1. The van der Waals surface area contributed by atoms with Crippen molar-refractivity contribution < 1.29 is 28.2 Å². The van der Waals surface area contributed by atoms with Crippen LogP contribution in [0.4, 0.5) is 4.39 Å². The molecule has 3 rings (SSSR count). The van der Waals surface area contributed by atoms with E-state index in [0.717, 1.165) is 6.42 Å². The van der Waals surface area contributed by atoms with Crippen LogP contribution in [0.5, 0.6) is 5.75 Å². The minimum absolute atomic E-state index is 0.129. The highest BCUT2D eigenvalue weighted by molar-refractivity contribution is 6.21. The van der Waals surface area contributed by atoms with Gasteiger partial charge in [0.1, 0.15) is 11.6 Å². The Morgan fingerprint density at radius 1 is 1.00 bits per heavy atom. The zero-order valence-electron chi connectivity index (χ0n) is 17.0. The summed E-state index contributed by atoms with van der Waals surface area (Å²) >= 11 is 0. The number of amides is 2. The van der Waals surface area contributed by atoms with E-state index in [-0.39, 0.29) is 35.4 Å². The van der Waals surface area contributed by atoms with Gasteiger partial charge in [-0.05, 0) is 54.8 Å². The van der Waals surface area contributed by atoms with Gasteiger partial charge in [0.2, 0.25) is 0 Å². The molecule has 0 fully saturated rings. The van der Waals surface area contributed by atoms with Gasteiger partial charge in [0, 0.05) is 13.0 Å². The topological polar surface area (TPSA) is 72.9 Å². The zero-order valence-corrected chi connectivity index (χ0v) is 17.0. The van der Waals surface area contributed by atoms with Gasteiger partial charge < -0.3 is 9.47 Å². The lowest BCUT2D eigenvalue weighted by Crippen LogP contribution is -2.31. The molecule has 0 aromatic heterocycles. The molecule has 0 saturated carbocycles. The van der Waals surface area contributed by atoms with Crippen molar-refractivity contribution in [1.82, 2.24) is 4.90 Å². The molecular weight excluding hydrogens is 389 g/mol. The minimum atomic E-state index is -0.569. The number of rotatable bonds is 9. The van der Waals surface area contributed by atoms with Gasteiger partial charge in [-0.15, -0.1) is 0 Å². The Balaban J connectivity index is 1.51. The molecule has 0 spiro atoms. The molecule has 2 aromatic carbocycles. The van der Waals surface area contributed by atoms with Crippen LogP contribution in [-0.2, 0) is 4.74 Å². The summed E-state index contributed by atoms with van der Waals surface area (Å²) in [7, 11) is 0. The molecule has 30 heavy (non-hydrogen) atoms. The first-order valence-corrected chi connectivity index (χ1v) is 9.92. The van der Waals surface area contributed by atoms with Crippen LogP contribution in [0.3, 0.4) is 0 Å². The van der Waals surface area contributed by atoms with Crippen LogP contribution >= 0.6 is 0 Å². The SMILES string of the molecule is CC(C)CCN1C(=O)c2ccc(C(=O)OCCCOc3ccc(F)cc3)cc2C1=O. The first-order valence-electron chi connectivity index (χ1n) is 9.92. The highest BCUT2D eigenvalue weighted by Crippen LogP contribution is 2.25. The van der Waals surface area contributed by atoms with Gasteiger partial charge >= 0.3 is 5.97 Å². The van der Waals surface area contributed by atoms with E-state index in [0.29, 0.717) is 36.8 Å². The summed E-state index contributed by atoms with van der Waals surface area (Å²) in [6.45, 7) is 4.84. The number of fused-ring (bicyclic) bond motifs is 1. The van der Waals surface area contributed by atoms with E-state index in [1.807, 2.05) is 13.8 Å². The van der Waals surface area contributed by atoms with Crippen LogP contribution in [0.2, 0.25) is 0 Å². The summed E-state index contributed by atoms with van der Waals surface area (Å²) in [5, 5.41) is 0. The third-order valence-corrected chi connectivity index (χ3v) is 4.74. The number of ether oxygens (including phenoxy) is 2. The standard InChI is InChI=1S/C23H24FNO5/c1-15(2)10-11-25-21(26)19-9-4-16(14-20(19)22(25)27)23(28)30-13-3-12-29-18-7-5-17(24)6-8-18/h4-9,14-15H,3,10-13H2,1-2H3. The number of esters is 1. The Bertz CT molecular complexity index is 939. The number of hydrogen-bond acceptors (Lipinski definition) is 5. The number of imide groups is 1. The van der Waals surface area contributed by atoms with E-state index in [1.54, 1.807) is 0 Å². The Labute approximate surface area is 174 Å². The molecule has 0 bridgehead atoms. The molecule has 0 atom stereocenters. The van der Waals surface area contributed by atoms with E-state index >= 15 is 0 Å². The fraction of sp³-hybridized carbons (Fsp3) is 0.348. The zero-order chi connectivity index (χ0) is 21.7. The summed E-state index contributed by atoms with van der Waals surface area (Å²) in [6.07, 6.45) is 1.18. The second kappa shape index (κ2) is 9.52. The Hall–Kier alpha value is -3.22. The fourth-order valence-corrected chi connectivity index (χ4v) is 3.04. The molecule has 0 saturated heterocycles. The molecule has 2 aromatic rings. The lowest BCUT2D eigenvalue weighted by atomic mass is 10.1. The lowest BCUT2D eigenvalue weighted by molar-refractivity contribution is 0.0485. The van der Waals surface area contributed by atoms with Crippen molar-refractivity contribution >= 4 is 17.8 Å². The second-order valence-electron chi connectivity index (χ2n) is 7.50. The molecule has 0 radical (unpaired) electrons. The number of carbonyl (C=O) groups is 3. The van der Waals surface area contributed by atoms with Crippen LogP contribution in [0.15, 0.2) is 42.5 Å². The van der Waals surface area contributed by atoms with E-state index in [9.17, 15) is 18.8 Å². The van der Waals surface area contributed by atoms with E-state index in [1.165, 1.54) is 47.4 Å². The van der Waals surface area contributed by atoms with Gasteiger partial charge in [-0.25, -0.2) is 9.18 Å². The predicted octanol–water partition coefficient (Wildman–Crippen LogP) is 4.09. The summed E-state index contributed by atoms with van der Waals surface area (Å²) in [5.41, 5.74) is 0.769. The smallest absolute Gasteiger partial charge is 0.338 e. The molecular formula is C23H24FNO5. The highest BCUT2D eigenvalue weighted by atomic mass is 19.1. The number of halogens is 1. The van der Waals surface area contributed by atoms with Crippen molar-refractivity contribution in [3.63, 3.8) is 0 Å². The largest absolute Gasteiger partial charge is 0.493 e. The molecule has 158 valence electrons. The number of hydrogen-bond donors (Lipinski definition) is 0. The van der Waals surface area contributed by atoms with E-state index in [2.05, 4.69) is 0 Å². The molecule has 0 aliphatic carbocycles. The van der Waals surface area contributed by atoms with Crippen LogP contribution in [0.1, 0.15) is 57.8 Å². The van der Waals surface area contributed by atoms with Crippen LogP contribution < -0.4 is 4.74 Å². The molecule has 0 N–H and O–H groups in total. The predicted molar refractivity (Wildman–Crippen MR) is 108 cm³/mol. The van der Waals surface area contributed by atoms with Gasteiger partial charge in [0.05, 0.1) is 29.9 Å². The Morgan fingerprint density at radius 3 is 2.40 bits per heavy atom. The molecule has 1 aliphatic rings. The maximum atomic E-state index is 12.8. The summed E-state index contributed by atoms with van der Waals surface area (Å²) in [4.78, 5) is 38.5. The van der Waals surface area contributed by atoms with Gasteiger partial charge in [-0.1, -0.05) is 13.8 Å². The normalized spacial score (nSPS) is 13.0. The molecule has 6 nitrogen and oxygen atoms in total. The lowest BCUT2D eigenvalue weighted by Gasteiger charge is -2.14. The Kier molecular flexibility index (Phi) is 6.82. The van der Waals surface area contributed by atoms with Gasteiger partial charge in [-0.2, -0.15) is 0 Å². The molecule has 1 aliphatic heterocycles. The highest BCUT2D eigenvalue weighted by Gasteiger charge is 2.35. The number of benzene rings is 2. The average Bonchev–Trinajstić information content (AvgIpc) is 2.97. The first kappa shape index (κ1) is 21.5. The average molecular weight is 413 g/mol. The van der Waals surface area contributed by atoms with Crippen molar-refractivity contribution in [2.24, 2.45) is 5.92 Å². The molecule has 0 unspecified atom stereocenters. The van der Waals surface area contributed by atoms with Crippen molar-refractivity contribution in [2.45, 2.75) is 26.7 Å². The van der Waals surface area contributed by atoms with Crippen LogP contribution in [0.25, 0.3) is 0 Å². The van der Waals surface area contributed by atoms with Gasteiger partial charge in [0.25, 0.3) is 11.8 Å². The fourth-order valence-electron chi connectivity index (χ4n) is 3.04. The molecule has 2 amide bonds. The van der Waals surface area contributed by atoms with Crippen molar-refractivity contribution in [3.05, 3.63) is 65.0 Å². The summed E-state index contributed by atoms with van der Waals surface area (Å²) < 4.78 is 23.5. The van der Waals surface area contributed by atoms with E-state index < -0.39 is 5.97 Å². The van der Waals surface area contributed by atoms with E-state index in [4.69, 9.17) is 9.47 Å². The third-order valence-electron chi connectivity index (χ3n) is 4.74. The van der Waals surface area contributed by atoms with Crippen LogP contribution in [0, 0.1) is 11.7 Å². The van der Waals surface area contributed by atoms with Crippen molar-refractivity contribution in [1.29, 1.82) is 0 Å². The maximum Gasteiger partial charge on any atom is 0.338 e. The number of carbonyl (C=O) groups excluding carboxylic acids is 3. The summed E-state index contributed by atoms with van der Waals surface area (Å²) in [5.74, 6) is -0.709. The minimum Gasteiger partial charge on any atom is -0.493 e. The summed E-state index contributed by atoms with van der Waals surface area (Å²) in [6, 6.07) is 10.1. The maximum absolute atomic E-state index is 12.8. The van der Waals surface area contributed by atoms with Crippen LogP contribution in [-0.4, -0.2) is 42.4 Å². The monoisotopic (exact) mass is 413 g/mol. The Morgan fingerprint density at radius 2 is 1.70 bits per heavy atom. The quantitative estimate of drug-likeness (QED) is 0.352. The van der Waals surface area contributed by atoms with Crippen molar-refractivity contribution in [3.8, 4) is 5.75 Å². The van der Waals surface area contributed by atoms with Crippen molar-refractivity contribution in [2.75, 3.05) is 19.8 Å². The molecule has 1 heterocycles. The second-order valence-corrected chi connectivity index (χ2v) is 7.50. The third kappa shape index (κ3) is 5.03. The van der Waals surface area contributed by atoms with Gasteiger partial charge in [-0.3, -0.25) is 14.5 Å². The first-order chi connectivity index (χ1) is 14.4.